The number of hydrogen-bond donors (Lipinski definition) is 1. The Bertz CT molecular complexity index is 454. The van der Waals surface area contributed by atoms with Crippen LogP contribution < -0.4 is 10.1 Å². The number of ether oxygens (including phenoxy) is 2. The monoisotopic (exact) mass is 235 g/mol. The molecule has 0 atom stereocenters. The number of carbonyl (C=O) groups is 2. The van der Waals surface area contributed by atoms with E-state index in [2.05, 4.69) is 16.6 Å². The molecule has 0 saturated heterocycles. The first-order chi connectivity index (χ1) is 8.12. The lowest BCUT2D eigenvalue weighted by atomic mass is 10.2. The van der Waals surface area contributed by atoms with Gasteiger partial charge in [-0.2, -0.15) is 0 Å². The molecule has 0 spiro atoms. The van der Waals surface area contributed by atoms with Crippen molar-refractivity contribution in [3.8, 4) is 5.75 Å². The summed E-state index contributed by atoms with van der Waals surface area (Å²) in [6.07, 6.45) is 1.15. The lowest BCUT2D eigenvalue weighted by Gasteiger charge is -2.10. The van der Waals surface area contributed by atoms with Gasteiger partial charge in [-0.1, -0.05) is 6.58 Å². The summed E-state index contributed by atoms with van der Waals surface area (Å²) in [5.74, 6) is -0.442. The van der Waals surface area contributed by atoms with Crippen molar-refractivity contribution in [2.75, 3.05) is 19.5 Å². The number of carbonyl (C=O) groups excluding carboxylic acids is 2. The first kappa shape index (κ1) is 12.8. The van der Waals surface area contributed by atoms with E-state index in [0.29, 0.717) is 17.0 Å². The molecule has 1 amide bonds. The molecule has 1 N–H and O–H groups in total. The van der Waals surface area contributed by atoms with Gasteiger partial charge in [0.25, 0.3) is 0 Å². The van der Waals surface area contributed by atoms with Crippen LogP contribution in [0.4, 0.5) is 5.69 Å². The summed E-state index contributed by atoms with van der Waals surface area (Å²) >= 11 is 0. The number of esters is 1. The summed E-state index contributed by atoms with van der Waals surface area (Å²) in [5.41, 5.74) is 0.811. The van der Waals surface area contributed by atoms with Gasteiger partial charge in [0.1, 0.15) is 5.75 Å². The van der Waals surface area contributed by atoms with Crippen LogP contribution in [0.3, 0.4) is 0 Å². The molecule has 1 aromatic rings. The molecule has 1 rings (SSSR count). The van der Waals surface area contributed by atoms with Crippen molar-refractivity contribution >= 4 is 17.6 Å². The summed E-state index contributed by atoms with van der Waals surface area (Å²) in [6, 6.07) is 4.59. The van der Waals surface area contributed by atoms with E-state index in [1.54, 1.807) is 6.07 Å². The number of anilines is 1. The topological polar surface area (TPSA) is 64.6 Å². The molecule has 17 heavy (non-hydrogen) atoms. The number of amides is 1. The molecule has 0 fully saturated rings. The first-order valence-electron chi connectivity index (χ1n) is 4.82. The van der Waals surface area contributed by atoms with Crippen LogP contribution in [0, 0.1) is 0 Å². The van der Waals surface area contributed by atoms with Gasteiger partial charge in [-0.05, 0) is 24.3 Å². The molecular weight excluding hydrogens is 222 g/mol. The third kappa shape index (κ3) is 3.07. The van der Waals surface area contributed by atoms with Gasteiger partial charge in [-0.3, -0.25) is 4.79 Å². The van der Waals surface area contributed by atoms with Crippen molar-refractivity contribution < 1.29 is 19.1 Å². The highest BCUT2D eigenvalue weighted by Crippen LogP contribution is 2.25. The molecule has 0 unspecified atom stereocenters. The van der Waals surface area contributed by atoms with Crippen LogP contribution in [0.5, 0.6) is 5.75 Å². The Labute approximate surface area is 99.0 Å². The van der Waals surface area contributed by atoms with Gasteiger partial charge in [0.2, 0.25) is 5.91 Å². The van der Waals surface area contributed by atoms with Gasteiger partial charge in [0.15, 0.2) is 0 Å². The number of rotatable bonds is 4. The van der Waals surface area contributed by atoms with Crippen molar-refractivity contribution in [2.24, 2.45) is 0 Å². The van der Waals surface area contributed by atoms with Crippen LogP contribution in [0.15, 0.2) is 30.9 Å². The Balaban J connectivity index is 3.05. The average molecular weight is 235 g/mol. The minimum absolute atomic E-state index is 0.348. The molecule has 0 aliphatic heterocycles. The standard InChI is InChI=1S/C12H13NO4/c1-4-11(14)13-9-6-5-8(12(15)17-3)7-10(9)16-2/h4-7H,1H2,2-3H3,(H,13,14). The minimum atomic E-state index is -0.468. The lowest BCUT2D eigenvalue weighted by Crippen LogP contribution is -2.09. The zero-order valence-electron chi connectivity index (χ0n) is 9.65. The predicted octanol–water partition coefficient (Wildman–Crippen LogP) is 1.61. The van der Waals surface area contributed by atoms with E-state index in [1.165, 1.54) is 26.4 Å². The third-order valence-corrected chi connectivity index (χ3v) is 2.07. The average Bonchev–Trinajstić information content (AvgIpc) is 2.37. The highest BCUT2D eigenvalue weighted by atomic mass is 16.5. The number of nitrogens with one attached hydrogen (secondary N) is 1. The highest BCUT2D eigenvalue weighted by Gasteiger charge is 2.11. The number of hydrogen-bond acceptors (Lipinski definition) is 4. The van der Waals surface area contributed by atoms with Crippen molar-refractivity contribution in [1.82, 2.24) is 0 Å². The Morgan fingerprint density at radius 3 is 2.59 bits per heavy atom. The second-order valence-electron chi connectivity index (χ2n) is 3.10. The summed E-state index contributed by atoms with van der Waals surface area (Å²) in [7, 11) is 2.74. The molecule has 90 valence electrons. The highest BCUT2D eigenvalue weighted by molar-refractivity contribution is 6.00. The van der Waals surface area contributed by atoms with Crippen LogP contribution in [-0.4, -0.2) is 26.1 Å². The van der Waals surface area contributed by atoms with E-state index in [-0.39, 0.29) is 5.91 Å². The first-order valence-corrected chi connectivity index (χ1v) is 4.82. The maximum absolute atomic E-state index is 11.3. The van der Waals surface area contributed by atoms with E-state index in [1.807, 2.05) is 0 Å². The molecule has 0 bridgehead atoms. The summed E-state index contributed by atoms with van der Waals surface area (Å²) in [4.78, 5) is 22.4. The van der Waals surface area contributed by atoms with Crippen molar-refractivity contribution in [1.29, 1.82) is 0 Å². The zero-order valence-corrected chi connectivity index (χ0v) is 9.65. The zero-order chi connectivity index (χ0) is 12.8. The van der Waals surface area contributed by atoms with Crippen molar-refractivity contribution in [2.45, 2.75) is 0 Å². The number of benzene rings is 1. The van der Waals surface area contributed by atoms with Crippen LogP contribution in [-0.2, 0) is 9.53 Å². The molecule has 5 heteroatoms. The van der Waals surface area contributed by atoms with E-state index >= 15 is 0 Å². The van der Waals surface area contributed by atoms with Gasteiger partial charge in [-0.15, -0.1) is 0 Å². The largest absolute Gasteiger partial charge is 0.495 e. The Hall–Kier alpha value is -2.30. The SMILES string of the molecule is C=CC(=O)Nc1ccc(C(=O)OC)cc1OC. The molecule has 0 aliphatic carbocycles. The van der Waals surface area contributed by atoms with Gasteiger partial charge in [0, 0.05) is 0 Å². The lowest BCUT2D eigenvalue weighted by molar-refractivity contribution is -0.111. The fourth-order valence-electron chi connectivity index (χ4n) is 1.22. The van der Waals surface area contributed by atoms with Gasteiger partial charge >= 0.3 is 5.97 Å². The fraction of sp³-hybridized carbons (Fsp3) is 0.167. The van der Waals surface area contributed by atoms with E-state index < -0.39 is 5.97 Å². The molecule has 0 radical (unpaired) electrons. The smallest absolute Gasteiger partial charge is 0.337 e. The minimum Gasteiger partial charge on any atom is -0.495 e. The summed E-state index contributed by atoms with van der Waals surface area (Å²) < 4.78 is 9.65. The second kappa shape index (κ2) is 5.69. The van der Waals surface area contributed by atoms with Crippen molar-refractivity contribution in [3.63, 3.8) is 0 Å². The fourth-order valence-corrected chi connectivity index (χ4v) is 1.22. The summed E-state index contributed by atoms with van der Waals surface area (Å²) in [5, 5.41) is 2.56. The number of methoxy groups -OCH3 is 2. The van der Waals surface area contributed by atoms with Gasteiger partial charge < -0.3 is 14.8 Å². The van der Waals surface area contributed by atoms with Gasteiger partial charge in [0.05, 0.1) is 25.5 Å². The quantitative estimate of drug-likeness (QED) is 0.636. The molecule has 0 aromatic heterocycles. The molecule has 0 heterocycles. The summed E-state index contributed by atoms with van der Waals surface area (Å²) in [6.45, 7) is 3.34. The normalized spacial score (nSPS) is 9.29. The van der Waals surface area contributed by atoms with Crippen LogP contribution >= 0.6 is 0 Å². The maximum atomic E-state index is 11.3. The second-order valence-corrected chi connectivity index (χ2v) is 3.10. The van der Waals surface area contributed by atoms with Crippen LogP contribution in [0.25, 0.3) is 0 Å². The Morgan fingerprint density at radius 1 is 1.35 bits per heavy atom. The van der Waals surface area contributed by atoms with Gasteiger partial charge in [-0.25, -0.2) is 4.79 Å². The molecular formula is C12H13NO4. The predicted molar refractivity (Wildman–Crippen MR) is 63.2 cm³/mol. The van der Waals surface area contributed by atoms with Crippen molar-refractivity contribution in [3.05, 3.63) is 36.4 Å². The Kier molecular flexibility index (Phi) is 4.28. The maximum Gasteiger partial charge on any atom is 0.337 e. The molecule has 1 aromatic carbocycles. The van der Waals surface area contributed by atoms with E-state index in [0.717, 1.165) is 6.08 Å². The molecule has 0 saturated carbocycles. The Morgan fingerprint density at radius 2 is 2.06 bits per heavy atom. The third-order valence-electron chi connectivity index (χ3n) is 2.07. The molecule has 0 aliphatic rings. The van der Waals surface area contributed by atoms with E-state index in [9.17, 15) is 9.59 Å². The van der Waals surface area contributed by atoms with E-state index in [4.69, 9.17) is 4.74 Å². The van der Waals surface area contributed by atoms with Crippen LogP contribution in [0.2, 0.25) is 0 Å². The van der Waals surface area contributed by atoms with Crippen LogP contribution in [0.1, 0.15) is 10.4 Å². The molecule has 5 nitrogen and oxygen atoms in total.